The molecule has 7 aromatic carbocycles. The molecule has 17 aromatic rings. The van der Waals surface area contributed by atoms with E-state index in [1.54, 1.807) is 24.8 Å². The van der Waals surface area contributed by atoms with Crippen molar-refractivity contribution in [1.82, 2.24) is 49.8 Å². The second-order valence-electron chi connectivity index (χ2n) is 23.3. The van der Waals surface area contributed by atoms with Crippen molar-refractivity contribution in [2.75, 3.05) is 0 Å². The molecule has 0 saturated heterocycles. The van der Waals surface area contributed by atoms with E-state index in [4.69, 9.17) is 0 Å². The Balaban J connectivity index is 0.000000140. The van der Waals surface area contributed by atoms with Crippen molar-refractivity contribution in [2.45, 2.75) is 69.2 Å². The number of aryl methyl sites for hydroxylation is 10. The molecule has 10 heterocycles. The van der Waals surface area contributed by atoms with Crippen molar-refractivity contribution in [2.24, 2.45) is 0 Å². The van der Waals surface area contributed by atoms with E-state index in [9.17, 15) is 0 Å². The highest BCUT2D eigenvalue weighted by Gasteiger charge is 1.98. The zero-order valence-electron chi connectivity index (χ0n) is 57.6. The molecule has 10 heteroatoms. The van der Waals surface area contributed by atoms with Crippen LogP contribution < -0.4 is 0 Å². The first-order valence-corrected chi connectivity index (χ1v) is 32.5. The summed E-state index contributed by atoms with van der Waals surface area (Å²) in [6.07, 6.45) is 25.7. The van der Waals surface area contributed by atoms with E-state index in [-0.39, 0.29) is 0 Å². The van der Waals surface area contributed by atoms with E-state index in [2.05, 4.69) is 188 Å². The SMILES string of the molecule is Cc1ccc2ccccc2n1.Cc1ccc2ccncc2c1.Cc1ccc2cnccc2c1.Cc1cccc2ccncc12.Cc1cccc2ncccc12.Cc1ccccn1.Cc1cccnc1.Cc1ccnc2ccccc12.Cc1ccncc1.Cc1cnc2ccccc2c1. The molecule has 10 nitrogen and oxygen atoms in total. The van der Waals surface area contributed by atoms with Crippen molar-refractivity contribution >= 4 is 75.9 Å². The van der Waals surface area contributed by atoms with Crippen molar-refractivity contribution < 1.29 is 0 Å². The number of aromatic nitrogens is 10. The number of benzene rings is 7. The van der Waals surface area contributed by atoms with Gasteiger partial charge in [0.1, 0.15) is 0 Å². The third-order valence-electron chi connectivity index (χ3n) is 15.2. The summed E-state index contributed by atoms with van der Waals surface area (Å²) in [4.78, 5) is 41.0. The number of pyridine rings is 10. The second-order valence-corrected chi connectivity index (χ2v) is 23.3. The third-order valence-corrected chi connectivity index (χ3v) is 15.2. The first-order chi connectivity index (χ1) is 47.8. The van der Waals surface area contributed by atoms with Gasteiger partial charge in [-0.15, -0.1) is 0 Å². The highest BCUT2D eigenvalue weighted by atomic mass is 14.7. The van der Waals surface area contributed by atoms with Gasteiger partial charge in [-0.3, -0.25) is 49.8 Å². The number of nitrogens with zero attached hydrogens (tertiary/aromatic N) is 10. The fraction of sp³-hybridized carbons (Fsp3) is 0.114. The number of rotatable bonds is 0. The van der Waals surface area contributed by atoms with Gasteiger partial charge in [-0.1, -0.05) is 151 Å². The minimum absolute atomic E-state index is 1.07. The molecule has 0 amide bonds. The molecule has 10 aromatic heterocycles. The van der Waals surface area contributed by atoms with Crippen LogP contribution in [0.5, 0.6) is 0 Å². The number of fused-ring (bicyclic) bond motifs is 7. The fourth-order valence-electron chi connectivity index (χ4n) is 9.84. The van der Waals surface area contributed by atoms with E-state index < -0.39 is 0 Å². The van der Waals surface area contributed by atoms with Crippen molar-refractivity contribution in [3.8, 4) is 0 Å². The van der Waals surface area contributed by atoms with Gasteiger partial charge in [0.2, 0.25) is 0 Å². The Kier molecular flexibility index (Phi) is 28.5. The van der Waals surface area contributed by atoms with Crippen LogP contribution in [0.15, 0.2) is 329 Å². The van der Waals surface area contributed by atoms with Crippen LogP contribution in [0, 0.1) is 69.2 Å². The lowest BCUT2D eigenvalue weighted by Crippen LogP contribution is -1.80. The monoisotopic (exact) mass is 1280 g/mol. The molecule has 0 aliphatic rings. The Bertz CT molecular complexity index is 4570. The number of para-hydroxylation sites is 3. The lowest BCUT2D eigenvalue weighted by molar-refractivity contribution is 1.20. The molecule has 0 aliphatic heterocycles. The quantitative estimate of drug-likeness (QED) is 0.145. The maximum absolute atomic E-state index is 4.38. The number of hydrogen-bond acceptors (Lipinski definition) is 10. The highest BCUT2D eigenvalue weighted by Crippen LogP contribution is 2.19. The van der Waals surface area contributed by atoms with Crippen LogP contribution in [0.3, 0.4) is 0 Å². The van der Waals surface area contributed by atoms with Crippen molar-refractivity contribution in [3.63, 3.8) is 0 Å². The largest absolute Gasteiger partial charge is 0.265 e. The molecular weight excluding hydrogens is 1200 g/mol. The van der Waals surface area contributed by atoms with Gasteiger partial charge in [0.05, 0.1) is 22.1 Å². The van der Waals surface area contributed by atoms with Crippen LogP contribution in [0.2, 0.25) is 0 Å². The predicted molar refractivity (Wildman–Crippen MR) is 412 cm³/mol. The van der Waals surface area contributed by atoms with Crippen molar-refractivity contribution in [1.29, 1.82) is 0 Å². The van der Waals surface area contributed by atoms with Crippen LogP contribution in [0.25, 0.3) is 75.9 Å². The molecule has 0 spiro atoms. The summed E-state index contributed by atoms with van der Waals surface area (Å²) in [5.74, 6) is 0. The maximum Gasteiger partial charge on any atom is 0.0705 e. The molecule has 0 fully saturated rings. The average molecular weight is 1280 g/mol. The molecule has 0 aliphatic carbocycles. The van der Waals surface area contributed by atoms with Crippen LogP contribution >= 0.6 is 0 Å². The maximum atomic E-state index is 4.38. The standard InChI is InChI=1S/7C10H9N.3C6H7N/c1-8-4-2-6-10-9(8)5-3-7-11-10;1-8-2-3-10-7-11-5-4-9(10)6-8;1-8-2-3-9-4-5-11-7-10(9)6-8;1-8-3-2-4-9-5-6-11-7-10(8)9;1-8-6-9-4-2-3-5-10(9)11-7-8;1-8-6-7-11-10-5-3-2-4-9(8)10;1-8-6-7-9-4-2-3-5-10(9)11-8;1-6-2-4-7-5-3-6;1-6-3-2-4-7-5-6;1-6-4-2-3-5-7-6/h7*2-7H,1H3;3*2-5H,1H3. The number of hydrogen-bond donors (Lipinski definition) is 0. The van der Waals surface area contributed by atoms with Gasteiger partial charge < -0.3 is 0 Å². The molecule has 0 saturated carbocycles. The van der Waals surface area contributed by atoms with E-state index >= 15 is 0 Å². The molecule has 0 atom stereocenters. The minimum Gasteiger partial charge on any atom is -0.265 e. The smallest absolute Gasteiger partial charge is 0.0705 e. The van der Waals surface area contributed by atoms with Gasteiger partial charge in [0.25, 0.3) is 0 Å². The van der Waals surface area contributed by atoms with Crippen molar-refractivity contribution in [3.05, 3.63) is 385 Å². The lowest BCUT2D eigenvalue weighted by Gasteiger charge is -1.98. The zero-order chi connectivity index (χ0) is 69.1. The summed E-state index contributed by atoms with van der Waals surface area (Å²) in [5, 5.41) is 12.4. The van der Waals surface area contributed by atoms with E-state index in [1.807, 2.05) is 235 Å². The van der Waals surface area contributed by atoms with E-state index in [1.165, 1.54) is 98.4 Å². The first kappa shape index (κ1) is 71.7. The Morgan fingerprint density at radius 1 is 0.194 bits per heavy atom. The van der Waals surface area contributed by atoms with Gasteiger partial charge >= 0.3 is 0 Å². The molecule has 0 bridgehead atoms. The topological polar surface area (TPSA) is 129 Å². The third kappa shape index (κ3) is 24.0. The molecule has 0 N–H and O–H groups in total. The molecule has 98 heavy (non-hydrogen) atoms. The minimum atomic E-state index is 1.07. The van der Waals surface area contributed by atoms with Crippen LogP contribution in [0.4, 0.5) is 0 Å². The molecular formula is C88H84N10. The summed E-state index contributed by atoms with van der Waals surface area (Å²) < 4.78 is 0. The summed E-state index contributed by atoms with van der Waals surface area (Å²) in [6, 6.07) is 81.8. The second kappa shape index (κ2) is 38.9. The Hall–Kier alpha value is -12.1. The molecule has 0 unspecified atom stereocenters. The van der Waals surface area contributed by atoms with Gasteiger partial charge in [0.15, 0.2) is 0 Å². The van der Waals surface area contributed by atoms with Crippen LogP contribution in [0.1, 0.15) is 55.9 Å². The highest BCUT2D eigenvalue weighted by molar-refractivity contribution is 5.86. The van der Waals surface area contributed by atoms with Crippen LogP contribution in [-0.2, 0) is 0 Å². The van der Waals surface area contributed by atoms with E-state index in [0.717, 1.165) is 33.5 Å². The summed E-state index contributed by atoms with van der Waals surface area (Å²) in [5.41, 5.74) is 16.6. The normalized spacial score (nSPS) is 9.94. The Labute approximate surface area is 577 Å². The van der Waals surface area contributed by atoms with Gasteiger partial charge in [-0.05, 0) is 222 Å². The van der Waals surface area contributed by atoms with Gasteiger partial charge in [-0.2, -0.15) is 0 Å². The van der Waals surface area contributed by atoms with Gasteiger partial charge in [0, 0.05) is 136 Å². The van der Waals surface area contributed by atoms with E-state index in [0.29, 0.717) is 0 Å². The Morgan fingerprint density at radius 2 is 0.704 bits per heavy atom. The average Bonchev–Trinajstić information content (AvgIpc) is 1.44. The predicted octanol–water partition coefficient (Wildman–Crippen LogP) is 22.0. The van der Waals surface area contributed by atoms with Crippen LogP contribution in [-0.4, -0.2) is 49.8 Å². The molecule has 486 valence electrons. The lowest BCUT2D eigenvalue weighted by atomic mass is 10.1. The summed E-state index contributed by atoms with van der Waals surface area (Å²) >= 11 is 0. The first-order valence-electron chi connectivity index (χ1n) is 32.5. The van der Waals surface area contributed by atoms with Gasteiger partial charge in [-0.25, -0.2) is 0 Å². The summed E-state index contributed by atoms with van der Waals surface area (Å²) in [7, 11) is 0. The zero-order valence-corrected chi connectivity index (χ0v) is 57.6. The molecule has 17 rings (SSSR count). The Morgan fingerprint density at radius 3 is 1.35 bits per heavy atom. The fourth-order valence-corrected chi connectivity index (χ4v) is 9.84. The molecule has 0 radical (unpaired) electrons. The summed E-state index contributed by atoms with van der Waals surface area (Å²) in [6.45, 7) is 20.6.